The maximum atomic E-state index is 13.9. The normalized spacial score (nSPS) is 35.0. The third kappa shape index (κ3) is 2.70. The van der Waals surface area contributed by atoms with Crippen molar-refractivity contribution in [2.45, 2.75) is 37.3 Å². The first kappa shape index (κ1) is 18.8. The molecule has 0 aromatic rings. The van der Waals surface area contributed by atoms with Gasteiger partial charge in [-0.05, 0) is 6.42 Å². The van der Waals surface area contributed by atoms with Crippen LogP contribution in [0.1, 0.15) is 13.3 Å². The monoisotopic (exact) mass is 334 g/mol. The van der Waals surface area contributed by atoms with E-state index in [0.717, 1.165) is 6.08 Å². The molecule has 3 atom stereocenters. The van der Waals surface area contributed by atoms with Gasteiger partial charge in [-0.15, -0.1) is 0 Å². The van der Waals surface area contributed by atoms with E-state index in [4.69, 9.17) is 0 Å². The molecule has 1 rings (SSSR count). The van der Waals surface area contributed by atoms with Crippen molar-refractivity contribution in [1.29, 1.82) is 0 Å². The quantitative estimate of drug-likeness (QED) is 0.462. The molecule has 1 aliphatic rings. The zero-order valence-electron chi connectivity index (χ0n) is 11.5. The summed E-state index contributed by atoms with van der Waals surface area (Å²) in [7, 11) is 0. The fourth-order valence-corrected chi connectivity index (χ4v) is 2.06. The van der Waals surface area contributed by atoms with E-state index in [1.165, 1.54) is 6.92 Å². The summed E-state index contributed by atoms with van der Waals surface area (Å²) in [6.45, 7) is 2.46. The largest absolute Gasteiger partial charge is 0.462 e. The Labute approximate surface area is 122 Å². The van der Waals surface area contributed by atoms with Crippen LogP contribution in [0.2, 0.25) is 0 Å². The summed E-state index contributed by atoms with van der Waals surface area (Å²) in [6.07, 6.45) is -8.33. The van der Waals surface area contributed by atoms with Gasteiger partial charge in [0.15, 0.2) is 0 Å². The highest BCUT2D eigenvalue weighted by molar-refractivity contribution is 5.81. The number of aliphatic hydroxyl groups excluding tert-OH is 1. The number of carbonyl (C=O) groups excluding carboxylic acids is 1. The highest BCUT2D eigenvalue weighted by Gasteiger charge is 2.78. The predicted molar refractivity (Wildman–Crippen MR) is 61.8 cm³/mol. The second-order valence-electron chi connectivity index (χ2n) is 4.98. The van der Waals surface area contributed by atoms with E-state index >= 15 is 0 Å². The van der Waals surface area contributed by atoms with E-state index in [2.05, 4.69) is 16.1 Å². The number of hydrogen-bond acceptors (Lipinski definition) is 5. The molecule has 5 nitrogen and oxygen atoms in total. The van der Waals surface area contributed by atoms with Crippen LogP contribution in [0.15, 0.2) is 12.7 Å². The molecule has 0 amide bonds. The lowest BCUT2D eigenvalue weighted by molar-refractivity contribution is -0.473. The van der Waals surface area contributed by atoms with Gasteiger partial charge in [0, 0.05) is 6.08 Å². The minimum Gasteiger partial charge on any atom is -0.462 e. The number of carbonyl (C=O) groups is 1. The summed E-state index contributed by atoms with van der Waals surface area (Å²) in [4.78, 5) is 11.0. The molecule has 128 valence electrons. The van der Waals surface area contributed by atoms with Crippen molar-refractivity contribution in [3.8, 4) is 0 Å². The van der Waals surface area contributed by atoms with Crippen LogP contribution in [-0.4, -0.2) is 53.4 Å². The number of esters is 1. The first-order valence-electron chi connectivity index (χ1n) is 6.16. The van der Waals surface area contributed by atoms with Gasteiger partial charge in [0.2, 0.25) is 0 Å². The minimum absolute atomic E-state index is 0.290. The first-order valence-corrected chi connectivity index (χ1v) is 6.16. The average Bonchev–Trinajstić information content (AvgIpc) is 2.43. The predicted octanol–water partition coefficient (Wildman–Crippen LogP) is 1.39. The van der Waals surface area contributed by atoms with Crippen molar-refractivity contribution in [3.63, 3.8) is 0 Å². The molecule has 0 aliphatic carbocycles. The molecule has 0 spiro atoms. The van der Waals surface area contributed by atoms with Crippen LogP contribution in [0, 0.1) is 5.41 Å². The molecule has 1 saturated heterocycles. The molecule has 1 heterocycles. The van der Waals surface area contributed by atoms with Crippen molar-refractivity contribution in [2.24, 2.45) is 5.41 Å². The van der Waals surface area contributed by atoms with Crippen molar-refractivity contribution >= 4 is 5.97 Å². The number of hydrogen-bond donors (Lipinski definition) is 2. The SMILES string of the molecule is C=CC(=O)OCC1(CC)COC(O)(C(F)(F)F)C(F)(F)C1O. The van der Waals surface area contributed by atoms with Gasteiger partial charge in [-0.1, -0.05) is 13.5 Å². The third-order valence-corrected chi connectivity index (χ3v) is 3.70. The van der Waals surface area contributed by atoms with Gasteiger partial charge < -0.3 is 19.7 Å². The Morgan fingerprint density at radius 1 is 1.50 bits per heavy atom. The molecule has 0 bridgehead atoms. The van der Waals surface area contributed by atoms with Crippen LogP contribution in [-0.2, 0) is 14.3 Å². The lowest BCUT2D eigenvalue weighted by Crippen LogP contribution is -2.73. The number of alkyl halides is 5. The van der Waals surface area contributed by atoms with E-state index in [0.29, 0.717) is 0 Å². The third-order valence-electron chi connectivity index (χ3n) is 3.70. The minimum atomic E-state index is -5.82. The van der Waals surface area contributed by atoms with Gasteiger partial charge >= 0.3 is 23.9 Å². The summed E-state index contributed by atoms with van der Waals surface area (Å²) in [5.41, 5.74) is -2.00. The van der Waals surface area contributed by atoms with Crippen LogP contribution < -0.4 is 0 Å². The molecule has 2 N–H and O–H groups in total. The van der Waals surface area contributed by atoms with Crippen LogP contribution in [0.4, 0.5) is 22.0 Å². The number of halogens is 5. The maximum Gasteiger partial charge on any atom is 0.449 e. The van der Waals surface area contributed by atoms with Gasteiger partial charge in [-0.3, -0.25) is 0 Å². The molecular weight excluding hydrogens is 319 g/mol. The van der Waals surface area contributed by atoms with E-state index in [1.807, 2.05) is 0 Å². The van der Waals surface area contributed by atoms with E-state index in [-0.39, 0.29) is 6.42 Å². The summed E-state index contributed by atoms with van der Waals surface area (Å²) >= 11 is 0. The molecule has 0 aromatic carbocycles. The van der Waals surface area contributed by atoms with Crippen molar-refractivity contribution < 1.29 is 46.4 Å². The zero-order chi connectivity index (χ0) is 17.4. The van der Waals surface area contributed by atoms with E-state index in [9.17, 15) is 37.0 Å². The van der Waals surface area contributed by atoms with Crippen LogP contribution in [0.25, 0.3) is 0 Å². The van der Waals surface area contributed by atoms with E-state index in [1.54, 1.807) is 0 Å². The highest BCUT2D eigenvalue weighted by atomic mass is 19.4. The van der Waals surface area contributed by atoms with Crippen LogP contribution in [0.3, 0.4) is 0 Å². The Morgan fingerprint density at radius 3 is 2.45 bits per heavy atom. The molecule has 3 unspecified atom stereocenters. The maximum absolute atomic E-state index is 13.9. The molecule has 22 heavy (non-hydrogen) atoms. The Bertz CT molecular complexity index is 452. The summed E-state index contributed by atoms with van der Waals surface area (Å²) in [5.74, 6) is -10.9. The van der Waals surface area contributed by atoms with E-state index < -0.39 is 48.6 Å². The topological polar surface area (TPSA) is 76.0 Å². The summed E-state index contributed by atoms with van der Waals surface area (Å²) in [5, 5.41) is 18.9. The van der Waals surface area contributed by atoms with Crippen molar-refractivity contribution in [1.82, 2.24) is 0 Å². The molecular formula is C12H15F5O5. The highest BCUT2D eigenvalue weighted by Crippen LogP contribution is 2.53. The van der Waals surface area contributed by atoms with Gasteiger partial charge in [-0.25, -0.2) is 4.79 Å². The Balaban J connectivity index is 3.14. The summed E-state index contributed by atoms with van der Waals surface area (Å²) in [6, 6.07) is 0. The molecule has 0 saturated carbocycles. The van der Waals surface area contributed by atoms with Crippen molar-refractivity contribution in [2.75, 3.05) is 13.2 Å². The standard InChI is InChI=1S/C12H15F5O5/c1-3-7(18)21-5-9(4-2)6-22-11(20,12(15,16)17)10(13,14)8(9)19/h3,8,19-20H,1,4-6H2,2H3. The fourth-order valence-electron chi connectivity index (χ4n) is 2.06. The number of rotatable bonds is 4. The van der Waals surface area contributed by atoms with Gasteiger partial charge in [0.25, 0.3) is 0 Å². The number of ether oxygens (including phenoxy) is 2. The molecule has 0 radical (unpaired) electrons. The lowest BCUT2D eigenvalue weighted by atomic mass is 9.74. The second-order valence-corrected chi connectivity index (χ2v) is 4.98. The smallest absolute Gasteiger partial charge is 0.449 e. The van der Waals surface area contributed by atoms with Crippen molar-refractivity contribution in [3.05, 3.63) is 12.7 Å². The van der Waals surface area contributed by atoms with Crippen LogP contribution in [0.5, 0.6) is 0 Å². The Kier molecular flexibility index (Phi) is 4.91. The Morgan fingerprint density at radius 2 is 2.05 bits per heavy atom. The zero-order valence-corrected chi connectivity index (χ0v) is 11.5. The average molecular weight is 334 g/mol. The molecule has 1 fully saturated rings. The number of aliphatic hydroxyl groups is 2. The van der Waals surface area contributed by atoms with Gasteiger partial charge in [0.05, 0.1) is 12.0 Å². The van der Waals surface area contributed by atoms with Crippen LogP contribution >= 0.6 is 0 Å². The fraction of sp³-hybridized carbons (Fsp3) is 0.750. The van der Waals surface area contributed by atoms with Gasteiger partial charge in [-0.2, -0.15) is 22.0 Å². The molecule has 0 aromatic heterocycles. The molecule has 1 aliphatic heterocycles. The Hall–Kier alpha value is -1.26. The second kappa shape index (κ2) is 5.74. The molecule has 10 heteroatoms. The van der Waals surface area contributed by atoms with Gasteiger partial charge in [0.1, 0.15) is 12.7 Å². The summed E-state index contributed by atoms with van der Waals surface area (Å²) < 4.78 is 74.4. The first-order chi connectivity index (χ1) is 9.88. The lowest BCUT2D eigenvalue weighted by Gasteiger charge is -2.50.